The number of benzene rings is 1. The van der Waals surface area contributed by atoms with Crippen molar-refractivity contribution in [1.29, 1.82) is 0 Å². The SMILES string of the molecule is C[C@H](OC(=O)c1cc2c(s1)CCC2)C(=O)Nc1ccc(Cl)cc1F. The molecule has 0 unspecified atom stereocenters. The van der Waals surface area contributed by atoms with Gasteiger partial charge in [-0.25, -0.2) is 9.18 Å². The monoisotopic (exact) mass is 367 g/mol. The molecule has 7 heteroatoms. The molecule has 1 aliphatic carbocycles. The van der Waals surface area contributed by atoms with Gasteiger partial charge in [-0.05, 0) is 56.0 Å². The molecule has 1 heterocycles. The Morgan fingerprint density at radius 1 is 1.33 bits per heavy atom. The van der Waals surface area contributed by atoms with Gasteiger partial charge in [0, 0.05) is 9.90 Å². The van der Waals surface area contributed by atoms with Crippen molar-refractivity contribution in [1.82, 2.24) is 0 Å². The van der Waals surface area contributed by atoms with E-state index in [1.165, 1.54) is 40.8 Å². The van der Waals surface area contributed by atoms with Gasteiger partial charge in [0.1, 0.15) is 10.7 Å². The van der Waals surface area contributed by atoms with Crippen molar-refractivity contribution in [3.63, 3.8) is 0 Å². The number of rotatable bonds is 4. The van der Waals surface area contributed by atoms with Gasteiger partial charge in [-0.3, -0.25) is 4.79 Å². The number of ether oxygens (including phenoxy) is 1. The molecule has 0 radical (unpaired) electrons. The van der Waals surface area contributed by atoms with Crippen molar-refractivity contribution in [3.8, 4) is 0 Å². The van der Waals surface area contributed by atoms with E-state index in [0.29, 0.717) is 4.88 Å². The molecule has 0 saturated heterocycles. The lowest BCUT2D eigenvalue weighted by molar-refractivity contribution is -0.123. The molecule has 1 N–H and O–H groups in total. The molecule has 3 rings (SSSR count). The average Bonchev–Trinajstić information content (AvgIpc) is 3.11. The fourth-order valence-electron chi connectivity index (χ4n) is 2.53. The normalized spacial score (nSPS) is 14.1. The van der Waals surface area contributed by atoms with Crippen LogP contribution in [0.2, 0.25) is 5.02 Å². The lowest BCUT2D eigenvalue weighted by Crippen LogP contribution is -2.30. The number of esters is 1. The molecule has 1 aliphatic rings. The van der Waals surface area contributed by atoms with Crippen LogP contribution >= 0.6 is 22.9 Å². The predicted octanol–water partition coefficient (Wildman–Crippen LogP) is 4.21. The first kappa shape index (κ1) is 16.9. The summed E-state index contributed by atoms with van der Waals surface area (Å²) < 4.78 is 18.9. The summed E-state index contributed by atoms with van der Waals surface area (Å²) in [4.78, 5) is 25.9. The van der Waals surface area contributed by atoms with E-state index in [4.69, 9.17) is 16.3 Å². The molecule has 1 atom stereocenters. The summed E-state index contributed by atoms with van der Waals surface area (Å²) in [5.74, 6) is -1.79. The molecule has 1 aromatic carbocycles. The van der Waals surface area contributed by atoms with E-state index in [-0.39, 0.29) is 10.7 Å². The summed E-state index contributed by atoms with van der Waals surface area (Å²) >= 11 is 7.07. The zero-order chi connectivity index (χ0) is 17.3. The minimum absolute atomic E-state index is 0.0117. The molecule has 0 aliphatic heterocycles. The Morgan fingerprint density at radius 2 is 2.12 bits per heavy atom. The number of aryl methyl sites for hydroxylation is 2. The number of carbonyl (C=O) groups is 2. The highest BCUT2D eigenvalue weighted by Gasteiger charge is 2.23. The number of fused-ring (bicyclic) bond motifs is 1. The Morgan fingerprint density at radius 3 is 2.83 bits per heavy atom. The van der Waals surface area contributed by atoms with Crippen LogP contribution in [0.15, 0.2) is 24.3 Å². The molecule has 0 spiro atoms. The molecular formula is C17H15ClFNO3S. The van der Waals surface area contributed by atoms with Crippen molar-refractivity contribution in [3.05, 3.63) is 50.4 Å². The first-order valence-electron chi connectivity index (χ1n) is 7.52. The lowest BCUT2D eigenvalue weighted by Gasteiger charge is -2.13. The first-order valence-corrected chi connectivity index (χ1v) is 8.72. The van der Waals surface area contributed by atoms with Crippen LogP contribution in [0.3, 0.4) is 0 Å². The van der Waals surface area contributed by atoms with E-state index in [9.17, 15) is 14.0 Å². The highest BCUT2D eigenvalue weighted by molar-refractivity contribution is 7.14. The third kappa shape index (κ3) is 3.60. The van der Waals surface area contributed by atoms with Crippen LogP contribution in [-0.4, -0.2) is 18.0 Å². The third-order valence-corrected chi connectivity index (χ3v) is 5.24. The van der Waals surface area contributed by atoms with E-state index >= 15 is 0 Å². The molecule has 126 valence electrons. The lowest BCUT2D eigenvalue weighted by atomic mass is 10.2. The summed E-state index contributed by atoms with van der Waals surface area (Å²) in [5, 5.41) is 2.62. The molecule has 2 aromatic rings. The Bertz CT molecular complexity index is 784. The highest BCUT2D eigenvalue weighted by Crippen LogP contribution is 2.31. The molecule has 0 bridgehead atoms. The average molecular weight is 368 g/mol. The molecular weight excluding hydrogens is 353 g/mol. The molecule has 0 saturated carbocycles. The quantitative estimate of drug-likeness (QED) is 0.823. The van der Waals surface area contributed by atoms with Crippen LogP contribution in [0.1, 0.15) is 33.5 Å². The van der Waals surface area contributed by atoms with Crippen molar-refractivity contribution in [2.45, 2.75) is 32.3 Å². The van der Waals surface area contributed by atoms with Gasteiger partial charge in [-0.15, -0.1) is 11.3 Å². The van der Waals surface area contributed by atoms with Gasteiger partial charge in [-0.2, -0.15) is 0 Å². The van der Waals surface area contributed by atoms with Crippen LogP contribution < -0.4 is 5.32 Å². The van der Waals surface area contributed by atoms with Crippen LogP contribution in [0.4, 0.5) is 10.1 Å². The van der Waals surface area contributed by atoms with Crippen molar-refractivity contribution >= 4 is 40.5 Å². The Kier molecular flexibility index (Phi) is 4.87. The number of thiophene rings is 1. The van der Waals surface area contributed by atoms with Gasteiger partial charge >= 0.3 is 5.97 Å². The number of hydrogen-bond acceptors (Lipinski definition) is 4. The van der Waals surface area contributed by atoms with Gasteiger partial charge in [0.25, 0.3) is 5.91 Å². The van der Waals surface area contributed by atoms with Gasteiger partial charge in [0.05, 0.1) is 5.69 Å². The van der Waals surface area contributed by atoms with Gasteiger partial charge < -0.3 is 10.1 Å². The smallest absolute Gasteiger partial charge is 0.349 e. The summed E-state index contributed by atoms with van der Waals surface area (Å²) in [6, 6.07) is 5.75. The number of halogens is 2. The van der Waals surface area contributed by atoms with Crippen LogP contribution in [0.5, 0.6) is 0 Å². The summed E-state index contributed by atoms with van der Waals surface area (Å²) in [7, 11) is 0. The van der Waals surface area contributed by atoms with Crippen molar-refractivity contribution in [2.24, 2.45) is 0 Å². The van der Waals surface area contributed by atoms with Crippen LogP contribution in [0.25, 0.3) is 0 Å². The Balaban J connectivity index is 1.61. The second kappa shape index (κ2) is 6.91. The standard InChI is InChI=1S/C17H15ClFNO3S/c1-9(16(21)20-13-6-5-11(18)8-12(13)19)23-17(22)15-7-10-3-2-4-14(10)24-15/h5-9H,2-4H2,1H3,(H,20,21)/t9-/m0/s1. The Hall–Kier alpha value is -1.92. The maximum atomic E-state index is 13.7. The van der Waals surface area contributed by atoms with Gasteiger partial charge in [0.15, 0.2) is 6.10 Å². The summed E-state index contributed by atoms with van der Waals surface area (Å²) in [6.45, 7) is 1.45. The number of anilines is 1. The summed E-state index contributed by atoms with van der Waals surface area (Å²) in [5.41, 5.74) is 1.18. The molecule has 24 heavy (non-hydrogen) atoms. The van der Waals surface area contributed by atoms with E-state index in [1.807, 2.05) is 6.07 Å². The van der Waals surface area contributed by atoms with Crippen molar-refractivity contribution in [2.75, 3.05) is 5.32 Å². The van der Waals surface area contributed by atoms with E-state index in [0.717, 1.165) is 25.3 Å². The van der Waals surface area contributed by atoms with E-state index in [1.54, 1.807) is 0 Å². The molecule has 1 amide bonds. The maximum absolute atomic E-state index is 13.7. The van der Waals surface area contributed by atoms with Gasteiger partial charge in [0.2, 0.25) is 0 Å². The molecule has 1 aromatic heterocycles. The van der Waals surface area contributed by atoms with E-state index < -0.39 is 23.8 Å². The first-order chi connectivity index (χ1) is 11.4. The minimum Gasteiger partial charge on any atom is -0.448 e. The van der Waals surface area contributed by atoms with Crippen LogP contribution in [0, 0.1) is 5.82 Å². The highest BCUT2D eigenvalue weighted by atomic mass is 35.5. The second-order valence-corrected chi connectivity index (χ2v) is 7.15. The third-order valence-electron chi connectivity index (χ3n) is 3.79. The number of nitrogens with one attached hydrogen (secondary N) is 1. The second-order valence-electron chi connectivity index (χ2n) is 5.57. The molecule has 4 nitrogen and oxygen atoms in total. The molecule has 0 fully saturated rings. The fourth-order valence-corrected chi connectivity index (χ4v) is 3.82. The topological polar surface area (TPSA) is 55.4 Å². The number of carbonyl (C=O) groups excluding carboxylic acids is 2. The predicted molar refractivity (Wildman–Crippen MR) is 91.3 cm³/mol. The van der Waals surface area contributed by atoms with Crippen LogP contribution in [-0.2, 0) is 22.4 Å². The number of hydrogen-bond donors (Lipinski definition) is 1. The van der Waals surface area contributed by atoms with E-state index in [2.05, 4.69) is 5.32 Å². The minimum atomic E-state index is -1.04. The fraction of sp³-hybridized carbons (Fsp3) is 0.294. The zero-order valence-electron chi connectivity index (χ0n) is 12.9. The Labute approximate surface area is 147 Å². The summed E-state index contributed by atoms with van der Waals surface area (Å²) in [6.07, 6.45) is 2.04. The number of amides is 1. The van der Waals surface area contributed by atoms with Gasteiger partial charge in [-0.1, -0.05) is 11.6 Å². The largest absolute Gasteiger partial charge is 0.448 e. The maximum Gasteiger partial charge on any atom is 0.349 e. The van der Waals surface area contributed by atoms with Crippen molar-refractivity contribution < 1.29 is 18.7 Å². The zero-order valence-corrected chi connectivity index (χ0v) is 14.5.